The molecule has 0 spiro atoms. The second-order valence-corrected chi connectivity index (χ2v) is 14.1. The molecule has 7 rings (SSSR count). The van der Waals surface area contributed by atoms with Gasteiger partial charge < -0.3 is 29.2 Å². The van der Waals surface area contributed by atoms with Crippen molar-refractivity contribution in [3.63, 3.8) is 0 Å². The first kappa shape index (κ1) is 39.4. The van der Waals surface area contributed by atoms with Gasteiger partial charge in [0.1, 0.15) is 25.2 Å². The minimum atomic E-state index is -4.61. The first-order chi connectivity index (χ1) is 27.3. The highest BCUT2D eigenvalue weighted by Crippen LogP contribution is 2.34. The highest BCUT2D eigenvalue weighted by atomic mass is 35.5. The molecule has 2 amide bonds. The maximum atomic E-state index is 14.4. The van der Waals surface area contributed by atoms with Crippen LogP contribution in [0.3, 0.4) is 0 Å². The Morgan fingerprint density at radius 1 is 1.11 bits per heavy atom. The van der Waals surface area contributed by atoms with Gasteiger partial charge in [-0.05, 0) is 56.0 Å². The minimum Gasteiger partial charge on any atom is -0.485 e. The molecule has 0 saturated carbocycles. The number of nitrogens with zero attached hydrogens (tertiary/aromatic N) is 8. The largest absolute Gasteiger partial charge is 0.485 e. The molecule has 3 aromatic heterocycles. The predicted molar refractivity (Wildman–Crippen MR) is 205 cm³/mol. The molecule has 2 aliphatic rings. The number of aromatic nitrogens is 6. The molecule has 0 aliphatic carbocycles. The van der Waals surface area contributed by atoms with Gasteiger partial charge in [-0.2, -0.15) is 22.7 Å². The monoisotopic (exact) mass is 805 g/mol. The van der Waals surface area contributed by atoms with Crippen LogP contribution in [-0.2, 0) is 35.3 Å². The van der Waals surface area contributed by atoms with Gasteiger partial charge in [-0.3, -0.25) is 14.4 Å². The van der Waals surface area contributed by atoms with Crippen molar-refractivity contribution in [1.82, 2.24) is 34.0 Å². The van der Waals surface area contributed by atoms with Gasteiger partial charge in [-0.1, -0.05) is 54.9 Å². The summed E-state index contributed by atoms with van der Waals surface area (Å²) in [5.74, 6) is -0.250. The molecule has 0 bridgehead atoms. The van der Waals surface area contributed by atoms with Crippen LogP contribution < -0.4 is 20.5 Å². The van der Waals surface area contributed by atoms with Crippen LogP contribution in [0.25, 0.3) is 11.4 Å². The van der Waals surface area contributed by atoms with E-state index in [9.17, 15) is 27.6 Å². The third kappa shape index (κ3) is 8.20. The van der Waals surface area contributed by atoms with Crippen molar-refractivity contribution in [3.05, 3.63) is 110 Å². The Morgan fingerprint density at radius 2 is 1.89 bits per heavy atom. The van der Waals surface area contributed by atoms with Crippen LogP contribution in [0.2, 0.25) is 5.02 Å². The molecule has 0 unspecified atom stereocenters. The zero-order valence-corrected chi connectivity index (χ0v) is 32.1. The van der Waals surface area contributed by atoms with E-state index < -0.39 is 29.2 Å². The van der Waals surface area contributed by atoms with Gasteiger partial charge in [-0.25, -0.2) is 9.97 Å². The van der Waals surface area contributed by atoms with Crippen LogP contribution in [0.15, 0.2) is 65.7 Å². The zero-order valence-electron chi connectivity index (χ0n) is 31.3. The minimum absolute atomic E-state index is 0.0124. The van der Waals surface area contributed by atoms with Gasteiger partial charge in [0.05, 0.1) is 40.9 Å². The molecule has 1 atom stereocenters. The van der Waals surface area contributed by atoms with E-state index in [1.165, 1.54) is 10.8 Å². The number of carbonyl (C=O) groups is 2. The number of ether oxygens (including phenoxy) is 2. The Bertz CT molecular complexity index is 2420. The van der Waals surface area contributed by atoms with Crippen molar-refractivity contribution in [2.75, 3.05) is 43.1 Å². The third-order valence-corrected chi connectivity index (χ3v) is 10.2. The summed E-state index contributed by atoms with van der Waals surface area (Å²) in [4.78, 5) is 59.0. The second kappa shape index (κ2) is 16.3. The van der Waals surface area contributed by atoms with E-state index >= 15 is 0 Å². The number of piperazine rings is 1. The molecule has 5 heterocycles. The number of nitrogens with one attached hydrogen (secondary N) is 1. The molecule has 2 aromatic carbocycles. The highest BCUT2D eigenvalue weighted by molar-refractivity contribution is 6.33. The van der Waals surface area contributed by atoms with Gasteiger partial charge in [-0.15, -0.1) is 5.10 Å². The summed E-state index contributed by atoms with van der Waals surface area (Å²) in [7, 11) is 0. The fraction of sp³-hybridized carbons (Fsp3) is 0.359. The number of aryl methyl sites for hydroxylation is 1. The summed E-state index contributed by atoms with van der Waals surface area (Å²) in [5.41, 5.74) is 1.70. The Kier molecular flexibility index (Phi) is 11.3. The molecule has 5 aromatic rings. The number of anilines is 2. The first-order valence-electron chi connectivity index (χ1n) is 18.3. The van der Waals surface area contributed by atoms with Gasteiger partial charge in [0, 0.05) is 25.7 Å². The average molecular weight is 806 g/mol. The molecule has 1 N–H and O–H groups in total. The van der Waals surface area contributed by atoms with E-state index in [1.54, 1.807) is 16.4 Å². The summed E-state index contributed by atoms with van der Waals surface area (Å²) in [6.07, 6.45) is -0.637. The van der Waals surface area contributed by atoms with Gasteiger partial charge in [0.2, 0.25) is 11.7 Å². The molecular weight excluding hydrogens is 767 g/mol. The van der Waals surface area contributed by atoms with Crippen LogP contribution in [-0.4, -0.2) is 84.7 Å². The standard InChI is InChI=1S/C39H39ClF3N9O5/c1-4-30-33(49-14-15-50(23(2)19-49)36(54)32-34(24(3)44-22-45-32)57-21-25-8-6-5-7-9-25)37(55)52-38(47-35(48-52)26-12-16-56-17-13-26)51(30)20-31(53)46-29-11-10-27(18-28(29)40)39(41,42)43/h5-12,18,22-23H,4,13-17,19-21H2,1-3H3,(H,46,53)/t23-/m1/s1. The molecule has 1 saturated heterocycles. The predicted octanol–water partition coefficient (Wildman–Crippen LogP) is 5.60. The lowest BCUT2D eigenvalue weighted by molar-refractivity contribution is -0.137. The van der Waals surface area contributed by atoms with Crippen molar-refractivity contribution in [2.45, 2.75) is 59.0 Å². The number of hydrogen-bond acceptors (Lipinski definition) is 10. The second-order valence-electron chi connectivity index (χ2n) is 13.7. The summed E-state index contributed by atoms with van der Waals surface area (Å²) in [6, 6.07) is 11.8. The summed E-state index contributed by atoms with van der Waals surface area (Å²) in [6.45, 7) is 6.85. The number of amides is 2. The molecule has 2 aliphatic heterocycles. The van der Waals surface area contributed by atoms with E-state index in [1.807, 2.05) is 55.2 Å². The molecule has 298 valence electrons. The lowest BCUT2D eigenvalue weighted by atomic mass is 10.1. The number of alkyl halides is 3. The average Bonchev–Trinajstić information content (AvgIpc) is 3.65. The Balaban J connectivity index is 1.20. The lowest BCUT2D eigenvalue weighted by Crippen LogP contribution is -2.55. The molecular formula is C39H39ClF3N9O5. The fourth-order valence-corrected chi connectivity index (χ4v) is 7.26. The van der Waals surface area contributed by atoms with Crippen LogP contribution in [0.4, 0.5) is 24.5 Å². The van der Waals surface area contributed by atoms with Gasteiger partial charge in [0.25, 0.3) is 11.5 Å². The van der Waals surface area contributed by atoms with Crippen molar-refractivity contribution in [3.8, 4) is 5.75 Å². The normalized spacial score (nSPS) is 16.1. The van der Waals surface area contributed by atoms with Crippen molar-refractivity contribution >= 4 is 46.1 Å². The number of benzene rings is 2. The van der Waals surface area contributed by atoms with Gasteiger partial charge in [0.15, 0.2) is 17.3 Å². The molecule has 14 nitrogen and oxygen atoms in total. The van der Waals surface area contributed by atoms with E-state index in [2.05, 4.69) is 20.4 Å². The molecule has 57 heavy (non-hydrogen) atoms. The van der Waals surface area contributed by atoms with E-state index in [4.69, 9.17) is 26.1 Å². The van der Waals surface area contributed by atoms with E-state index in [-0.39, 0.29) is 66.6 Å². The van der Waals surface area contributed by atoms with E-state index in [0.29, 0.717) is 49.0 Å². The quantitative estimate of drug-likeness (QED) is 0.189. The van der Waals surface area contributed by atoms with Crippen LogP contribution >= 0.6 is 11.6 Å². The first-order valence-corrected chi connectivity index (χ1v) is 18.7. The molecule has 1 fully saturated rings. The number of halogens is 4. The highest BCUT2D eigenvalue weighted by Gasteiger charge is 2.35. The van der Waals surface area contributed by atoms with Crippen LogP contribution in [0, 0.1) is 6.92 Å². The smallest absolute Gasteiger partial charge is 0.416 e. The maximum Gasteiger partial charge on any atom is 0.416 e. The topological polar surface area (TPSA) is 149 Å². The number of fused-ring (bicyclic) bond motifs is 1. The Labute approximate surface area is 329 Å². The number of hydrogen-bond donors (Lipinski definition) is 1. The maximum absolute atomic E-state index is 14.4. The molecule has 0 radical (unpaired) electrons. The SMILES string of the molecule is CCc1c(N2CCN(C(=O)c3ncnc(C)c3OCc3ccccc3)[C@H](C)C2)c(=O)n2nc(C3=CCOCC3)nc2n1CC(=O)Nc1ccc(C(F)(F)F)cc1Cl. The summed E-state index contributed by atoms with van der Waals surface area (Å²) >= 11 is 6.16. The van der Waals surface area contributed by atoms with E-state index in [0.717, 1.165) is 29.3 Å². The Morgan fingerprint density at radius 3 is 2.58 bits per heavy atom. The van der Waals surface area contributed by atoms with Crippen molar-refractivity contribution in [2.24, 2.45) is 0 Å². The third-order valence-electron chi connectivity index (χ3n) is 9.90. The van der Waals surface area contributed by atoms with Crippen molar-refractivity contribution < 1.29 is 32.2 Å². The fourth-order valence-electron chi connectivity index (χ4n) is 7.04. The number of rotatable bonds is 10. The van der Waals surface area contributed by atoms with Crippen molar-refractivity contribution in [1.29, 1.82) is 0 Å². The molecule has 18 heteroatoms. The zero-order chi connectivity index (χ0) is 40.4. The summed E-state index contributed by atoms with van der Waals surface area (Å²) < 4.78 is 54.1. The Hall–Kier alpha value is -5.81. The van der Waals surface area contributed by atoms with Gasteiger partial charge >= 0.3 is 6.18 Å². The summed E-state index contributed by atoms with van der Waals surface area (Å²) in [5, 5.41) is 6.91. The number of carbonyl (C=O) groups excluding carboxylic acids is 2. The van der Waals surface area contributed by atoms with Crippen LogP contribution in [0.1, 0.15) is 59.1 Å². The lowest BCUT2D eigenvalue weighted by Gasteiger charge is -2.41. The van der Waals surface area contributed by atoms with Crippen LogP contribution in [0.5, 0.6) is 5.75 Å².